The van der Waals surface area contributed by atoms with Crippen molar-refractivity contribution in [3.8, 4) is 17.2 Å². The maximum Gasteiger partial charge on any atom is 0.0991 e. The Morgan fingerprint density at radius 3 is 2.00 bits per heavy atom. The van der Waals surface area contributed by atoms with Crippen LogP contribution in [0, 0.1) is 17.2 Å². The van der Waals surface area contributed by atoms with E-state index in [1.54, 1.807) is 0 Å². The van der Waals surface area contributed by atoms with E-state index in [2.05, 4.69) is 37.3 Å². The van der Waals surface area contributed by atoms with E-state index in [1.165, 1.54) is 68.1 Å². The van der Waals surface area contributed by atoms with Gasteiger partial charge in [-0.2, -0.15) is 5.26 Å². The molecule has 1 nitrogen and oxygen atoms in total. The molecule has 1 aliphatic rings. The molecule has 130 valence electrons. The molecule has 1 fully saturated rings. The first kappa shape index (κ1) is 17.7. The standard InChI is InChI=1S/C24H29N/c1-2-3-4-5-19-6-10-21(11-7-19)23-14-16-24(17-15-23)22-12-8-20(18-25)9-13-22/h8-9,12-17,19,21H,2-7,10-11H2,1H3/t19-,21-. The van der Waals surface area contributed by atoms with Crippen LogP contribution in [-0.4, -0.2) is 0 Å². The molecule has 25 heavy (non-hydrogen) atoms. The summed E-state index contributed by atoms with van der Waals surface area (Å²) in [6.45, 7) is 2.29. The number of nitrogens with zero attached hydrogens (tertiary/aromatic N) is 1. The topological polar surface area (TPSA) is 23.8 Å². The molecule has 0 unspecified atom stereocenters. The zero-order valence-corrected chi connectivity index (χ0v) is 15.4. The lowest BCUT2D eigenvalue weighted by atomic mass is 9.77. The molecule has 0 amide bonds. The lowest BCUT2D eigenvalue weighted by Crippen LogP contribution is -2.13. The summed E-state index contributed by atoms with van der Waals surface area (Å²) in [5.41, 5.74) is 4.65. The van der Waals surface area contributed by atoms with E-state index in [4.69, 9.17) is 5.26 Å². The highest BCUT2D eigenvalue weighted by atomic mass is 14.3. The molecule has 1 aliphatic carbocycles. The first-order chi connectivity index (χ1) is 12.3. The fraction of sp³-hybridized carbons (Fsp3) is 0.458. The summed E-state index contributed by atoms with van der Waals surface area (Å²) < 4.78 is 0. The Morgan fingerprint density at radius 2 is 1.44 bits per heavy atom. The predicted molar refractivity (Wildman–Crippen MR) is 105 cm³/mol. The molecule has 2 aromatic carbocycles. The normalized spacial score (nSPS) is 20.2. The Bertz CT molecular complexity index is 682. The molecule has 2 aromatic rings. The van der Waals surface area contributed by atoms with Gasteiger partial charge in [-0.05, 0) is 66.3 Å². The molecule has 0 saturated heterocycles. The van der Waals surface area contributed by atoms with Crippen LogP contribution in [0.2, 0.25) is 0 Å². The van der Waals surface area contributed by atoms with Crippen molar-refractivity contribution in [2.45, 2.75) is 64.2 Å². The van der Waals surface area contributed by atoms with Gasteiger partial charge in [-0.1, -0.05) is 69.0 Å². The zero-order valence-electron chi connectivity index (χ0n) is 15.4. The minimum Gasteiger partial charge on any atom is -0.192 e. The van der Waals surface area contributed by atoms with E-state index in [-0.39, 0.29) is 0 Å². The van der Waals surface area contributed by atoms with Crippen molar-refractivity contribution in [3.63, 3.8) is 0 Å². The van der Waals surface area contributed by atoms with Gasteiger partial charge < -0.3 is 0 Å². The molecule has 0 aromatic heterocycles. The number of hydrogen-bond acceptors (Lipinski definition) is 1. The van der Waals surface area contributed by atoms with E-state index < -0.39 is 0 Å². The van der Waals surface area contributed by atoms with Gasteiger partial charge in [0.05, 0.1) is 11.6 Å². The zero-order chi connectivity index (χ0) is 17.5. The average molecular weight is 332 g/mol. The summed E-state index contributed by atoms with van der Waals surface area (Å²) in [6.07, 6.45) is 11.1. The van der Waals surface area contributed by atoms with Crippen molar-refractivity contribution in [2.75, 3.05) is 0 Å². The van der Waals surface area contributed by atoms with Crippen molar-refractivity contribution in [3.05, 3.63) is 59.7 Å². The largest absolute Gasteiger partial charge is 0.192 e. The van der Waals surface area contributed by atoms with Crippen LogP contribution in [0.15, 0.2) is 48.5 Å². The Morgan fingerprint density at radius 1 is 0.840 bits per heavy atom. The Labute approximate surface area is 152 Å². The molecule has 0 heterocycles. The predicted octanol–water partition coefficient (Wildman–Crippen LogP) is 7.08. The summed E-state index contributed by atoms with van der Waals surface area (Å²) in [6, 6.07) is 19.1. The van der Waals surface area contributed by atoms with Gasteiger partial charge in [0.15, 0.2) is 0 Å². The lowest BCUT2D eigenvalue weighted by molar-refractivity contribution is 0.303. The van der Waals surface area contributed by atoms with Crippen LogP contribution in [0.25, 0.3) is 11.1 Å². The second-order valence-electron chi connectivity index (χ2n) is 7.52. The summed E-state index contributed by atoms with van der Waals surface area (Å²) in [5.74, 6) is 1.72. The average Bonchev–Trinajstić information content (AvgIpc) is 2.69. The highest BCUT2D eigenvalue weighted by Gasteiger charge is 2.21. The van der Waals surface area contributed by atoms with Gasteiger partial charge in [0.25, 0.3) is 0 Å². The van der Waals surface area contributed by atoms with E-state index in [1.807, 2.05) is 24.3 Å². The third kappa shape index (κ3) is 4.73. The van der Waals surface area contributed by atoms with Crippen LogP contribution in [0.1, 0.15) is 75.3 Å². The quantitative estimate of drug-likeness (QED) is 0.519. The molecule has 0 atom stereocenters. The molecule has 0 radical (unpaired) electrons. The van der Waals surface area contributed by atoms with Gasteiger partial charge in [0.1, 0.15) is 0 Å². The monoisotopic (exact) mass is 331 g/mol. The number of benzene rings is 2. The highest BCUT2D eigenvalue weighted by molar-refractivity contribution is 5.64. The molecule has 1 heteroatoms. The summed E-state index contributed by atoms with van der Waals surface area (Å²) >= 11 is 0. The van der Waals surface area contributed by atoms with Crippen molar-refractivity contribution in [2.24, 2.45) is 5.92 Å². The van der Waals surface area contributed by atoms with Crippen molar-refractivity contribution in [1.29, 1.82) is 5.26 Å². The van der Waals surface area contributed by atoms with E-state index in [9.17, 15) is 0 Å². The van der Waals surface area contributed by atoms with Gasteiger partial charge >= 0.3 is 0 Å². The minimum absolute atomic E-state index is 0.719. The third-order valence-electron chi connectivity index (χ3n) is 5.79. The van der Waals surface area contributed by atoms with E-state index in [0.717, 1.165) is 17.4 Å². The summed E-state index contributed by atoms with van der Waals surface area (Å²) in [7, 11) is 0. The molecule has 0 aliphatic heterocycles. The fourth-order valence-electron chi connectivity index (χ4n) is 4.15. The number of nitriles is 1. The minimum atomic E-state index is 0.719. The van der Waals surface area contributed by atoms with Crippen LogP contribution in [0.4, 0.5) is 0 Å². The fourth-order valence-corrected chi connectivity index (χ4v) is 4.15. The van der Waals surface area contributed by atoms with Crippen LogP contribution >= 0.6 is 0 Å². The number of rotatable bonds is 6. The molecule has 0 spiro atoms. The Hall–Kier alpha value is -2.07. The lowest BCUT2D eigenvalue weighted by Gasteiger charge is -2.29. The van der Waals surface area contributed by atoms with Gasteiger partial charge in [0, 0.05) is 0 Å². The molecular formula is C24H29N. The third-order valence-corrected chi connectivity index (χ3v) is 5.79. The first-order valence-corrected chi connectivity index (χ1v) is 9.90. The number of hydrogen-bond donors (Lipinski definition) is 0. The first-order valence-electron chi connectivity index (χ1n) is 9.90. The van der Waals surface area contributed by atoms with Gasteiger partial charge in [-0.15, -0.1) is 0 Å². The van der Waals surface area contributed by atoms with Crippen molar-refractivity contribution < 1.29 is 0 Å². The Balaban J connectivity index is 1.57. The van der Waals surface area contributed by atoms with Crippen LogP contribution in [-0.2, 0) is 0 Å². The summed E-state index contributed by atoms with van der Waals surface area (Å²) in [5, 5.41) is 8.91. The molecular weight excluding hydrogens is 302 g/mol. The Kier molecular flexibility index (Phi) is 6.29. The van der Waals surface area contributed by atoms with Crippen LogP contribution < -0.4 is 0 Å². The molecule has 3 rings (SSSR count). The maximum absolute atomic E-state index is 8.91. The van der Waals surface area contributed by atoms with Gasteiger partial charge in [-0.3, -0.25) is 0 Å². The molecule has 1 saturated carbocycles. The molecule has 0 N–H and O–H groups in total. The maximum atomic E-state index is 8.91. The second-order valence-corrected chi connectivity index (χ2v) is 7.52. The highest BCUT2D eigenvalue weighted by Crippen LogP contribution is 2.38. The van der Waals surface area contributed by atoms with E-state index in [0.29, 0.717) is 0 Å². The van der Waals surface area contributed by atoms with Crippen molar-refractivity contribution >= 4 is 0 Å². The van der Waals surface area contributed by atoms with Crippen molar-refractivity contribution in [1.82, 2.24) is 0 Å². The van der Waals surface area contributed by atoms with Gasteiger partial charge in [-0.25, -0.2) is 0 Å². The summed E-state index contributed by atoms with van der Waals surface area (Å²) in [4.78, 5) is 0. The van der Waals surface area contributed by atoms with Gasteiger partial charge in [0.2, 0.25) is 0 Å². The second kappa shape index (κ2) is 8.86. The van der Waals surface area contributed by atoms with E-state index >= 15 is 0 Å². The SMILES string of the molecule is CCCCC[C@H]1CC[C@H](c2ccc(-c3ccc(C#N)cc3)cc2)CC1. The van der Waals surface area contributed by atoms with Crippen LogP contribution in [0.5, 0.6) is 0 Å². The molecule has 0 bridgehead atoms. The smallest absolute Gasteiger partial charge is 0.0991 e. The van der Waals surface area contributed by atoms with Crippen LogP contribution in [0.3, 0.4) is 0 Å². The number of unbranched alkanes of at least 4 members (excludes halogenated alkanes) is 2.